The van der Waals surface area contributed by atoms with Crippen LogP contribution < -0.4 is 5.32 Å². The Morgan fingerprint density at radius 3 is 2.81 bits per heavy atom. The van der Waals surface area contributed by atoms with Gasteiger partial charge in [-0.25, -0.2) is 4.98 Å². The Balaban J connectivity index is 2.79. The predicted molar refractivity (Wildman–Crippen MR) is 70.3 cm³/mol. The Morgan fingerprint density at radius 2 is 2.25 bits per heavy atom. The van der Waals surface area contributed by atoms with Crippen LogP contribution in [0.25, 0.3) is 0 Å². The van der Waals surface area contributed by atoms with Gasteiger partial charge in [-0.1, -0.05) is 19.6 Å². The number of hydrogen-bond acceptors (Lipinski definition) is 3. The predicted octanol–water partition coefficient (Wildman–Crippen LogP) is 2.12. The first-order chi connectivity index (χ1) is 7.42. The van der Waals surface area contributed by atoms with Gasteiger partial charge in [-0.2, -0.15) is 0 Å². The zero-order valence-corrected chi connectivity index (χ0v) is 11.9. The van der Waals surface area contributed by atoms with Crippen molar-refractivity contribution in [2.45, 2.75) is 26.6 Å². The summed E-state index contributed by atoms with van der Waals surface area (Å²) in [6.45, 7) is 9.06. The van der Waals surface area contributed by atoms with E-state index in [2.05, 4.69) is 41.4 Å². The molecule has 0 aromatic carbocycles. The maximum Gasteiger partial charge on any atom is 0.263 e. The molecule has 0 spiro atoms. The molecule has 1 rings (SSSR count). The number of nitrogens with zero attached hydrogens (tertiary/aromatic N) is 1. The molecule has 1 aromatic rings. The monoisotopic (exact) mass is 252 g/mol. The molecule has 0 bridgehead atoms. The minimum atomic E-state index is -1.37. The molecule has 1 aromatic heterocycles. The summed E-state index contributed by atoms with van der Waals surface area (Å²) in [5.41, 5.74) is 3.23. The van der Waals surface area contributed by atoms with Crippen LogP contribution in [0.1, 0.15) is 21.6 Å². The van der Waals surface area contributed by atoms with Crippen molar-refractivity contribution in [1.82, 2.24) is 10.3 Å². The molecule has 16 heavy (non-hydrogen) atoms. The molecule has 1 N–H and O–H groups in total. The van der Waals surface area contributed by atoms with Crippen LogP contribution in [0.4, 0.5) is 0 Å². The molecular weight excluding hydrogens is 236 g/mol. The van der Waals surface area contributed by atoms with E-state index in [9.17, 15) is 4.79 Å². The van der Waals surface area contributed by atoms with E-state index in [4.69, 9.17) is 0 Å². The first kappa shape index (κ1) is 12.9. The number of rotatable bonds is 2. The van der Waals surface area contributed by atoms with Crippen molar-refractivity contribution in [3.8, 4) is 11.5 Å². The fourth-order valence-corrected chi connectivity index (χ4v) is 2.20. The highest BCUT2D eigenvalue weighted by molar-refractivity contribution is 7.14. The second-order valence-corrected chi connectivity index (χ2v) is 10.2. The lowest BCUT2D eigenvalue weighted by molar-refractivity contribution is 0.0959. The van der Waals surface area contributed by atoms with Crippen LogP contribution in [0.2, 0.25) is 19.6 Å². The third-order valence-corrected chi connectivity index (χ3v) is 3.40. The van der Waals surface area contributed by atoms with Crippen LogP contribution in [0, 0.1) is 11.5 Å². The number of carbonyl (C=O) groups is 1. The Morgan fingerprint density at radius 1 is 1.56 bits per heavy atom. The van der Waals surface area contributed by atoms with E-state index < -0.39 is 8.07 Å². The van der Waals surface area contributed by atoms with Crippen LogP contribution in [-0.4, -0.2) is 25.5 Å². The number of aromatic nitrogens is 1. The van der Waals surface area contributed by atoms with E-state index in [1.807, 2.05) is 6.92 Å². The van der Waals surface area contributed by atoms with Crippen LogP contribution in [0.5, 0.6) is 0 Å². The standard InChI is InChI=1S/C11H16N2OSSi/c1-5-12-11(14)9-8-13-10(15-9)6-7-16(2,3)4/h8H,5H2,1-4H3,(H,12,14). The topological polar surface area (TPSA) is 42.0 Å². The average molecular weight is 252 g/mol. The lowest BCUT2D eigenvalue weighted by Crippen LogP contribution is -2.21. The molecule has 0 fully saturated rings. The van der Waals surface area contributed by atoms with E-state index in [-0.39, 0.29) is 5.91 Å². The highest BCUT2D eigenvalue weighted by Crippen LogP contribution is 2.11. The molecule has 0 aliphatic carbocycles. The lowest BCUT2D eigenvalue weighted by Gasteiger charge is -2.02. The Labute approximate surface area is 101 Å². The van der Waals surface area contributed by atoms with Crippen molar-refractivity contribution < 1.29 is 4.79 Å². The second-order valence-electron chi connectivity index (χ2n) is 4.39. The van der Waals surface area contributed by atoms with Crippen LogP contribution in [0.15, 0.2) is 6.20 Å². The second kappa shape index (κ2) is 5.28. The summed E-state index contributed by atoms with van der Waals surface area (Å²) in [5.74, 6) is 2.97. The van der Waals surface area contributed by atoms with Gasteiger partial charge in [-0.3, -0.25) is 4.79 Å². The maximum atomic E-state index is 11.5. The highest BCUT2D eigenvalue weighted by Gasteiger charge is 2.10. The molecular formula is C11H16N2OSSi. The van der Waals surface area contributed by atoms with Gasteiger partial charge in [0, 0.05) is 6.54 Å². The molecule has 0 radical (unpaired) electrons. The molecule has 0 saturated carbocycles. The van der Waals surface area contributed by atoms with E-state index in [1.54, 1.807) is 6.20 Å². The molecule has 0 aliphatic heterocycles. The molecule has 1 amide bonds. The highest BCUT2D eigenvalue weighted by atomic mass is 32.1. The summed E-state index contributed by atoms with van der Waals surface area (Å²) in [4.78, 5) is 16.2. The summed E-state index contributed by atoms with van der Waals surface area (Å²) >= 11 is 1.35. The summed E-state index contributed by atoms with van der Waals surface area (Å²) in [6.07, 6.45) is 1.59. The van der Waals surface area contributed by atoms with Crippen LogP contribution >= 0.6 is 11.3 Å². The Bertz CT molecular complexity index is 437. The number of hydrogen-bond donors (Lipinski definition) is 1. The fraction of sp³-hybridized carbons (Fsp3) is 0.455. The van der Waals surface area contributed by atoms with E-state index in [0.717, 1.165) is 5.01 Å². The van der Waals surface area contributed by atoms with Gasteiger partial charge in [0.25, 0.3) is 5.91 Å². The van der Waals surface area contributed by atoms with E-state index >= 15 is 0 Å². The summed E-state index contributed by atoms with van der Waals surface area (Å²) in [7, 11) is -1.37. The van der Waals surface area contributed by atoms with Gasteiger partial charge >= 0.3 is 0 Å². The van der Waals surface area contributed by atoms with Gasteiger partial charge in [-0.15, -0.1) is 16.9 Å². The van der Waals surface area contributed by atoms with Crippen molar-refractivity contribution in [2.24, 2.45) is 0 Å². The minimum absolute atomic E-state index is 0.0685. The molecule has 86 valence electrons. The quantitative estimate of drug-likeness (QED) is 0.647. The number of thiazole rings is 1. The van der Waals surface area contributed by atoms with Crippen molar-refractivity contribution in [2.75, 3.05) is 6.54 Å². The van der Waals surface area contributed by atoms with Crippen LogP contribution in [-0.2, 0) is 0 Å². The first-order valence-corrected chi connectivity index (χ1v) is 9.51. The zero-order valence-electron chi connectivity index (χ0n) is 10.0. The third-order valence-electron chi connectivity index (χ3n) is 1.61. The van der Waals surface area contributed by atoms with E-state index in [1.165, 1.54) is 11.3 Å². The van der Waals surface area contributed by atoms with Gasteiger partial charge < -0.3 is 5.32 Å². The van der Waals surface area contributed by atoms with Crippen LogP contribution in [0.3, 0.4) is 0 Å². The molecule has 0 aliphatic rings. The number of amides is 1. The Kier molecular flexibility index (Phi) is 4.27. The average Bonchev–Trinajstić information content (AvgIpc) is 2.62. The normalized spacial score (nSPS) is 10.5. The van der Waals surface area contributed by atoms with E-state index in [0.29, 0.717) is 11.4 Å². The first-order valence-electron chi connectivity index (χ1n) is 5.19. The van der Waals surface area contributed by atoms with Gasteiger partial charge in [0.05, 0.1) is 6.20 Å². The molecule has 3 nitrogen and oxygen atoms in total. The minimum Gasteiger partial charge on any atom is -0.352 e. The maximum absolute atomic E-state index is 11.5. The number of nitrogens with one attached hydrogen (secondary N) is 1. The lowest BCUT2D eigenvalue weighted by atomic mass is 10.5. The summed E-state index contributed by atoms with van der Waals surface area (Å²) in [5, 5.41) is 3.47. The fourth-order valence-electron chi connectivity index (χ4n) is 0.926. The molecule has 1 heterocycles. The molecule has 0 atom stereocenters. The molecule has 5 heteroatoms. The van der Waals surface area contributed by atoms with Gasteiger partial charge in [-0.05, 0) is 12.8 Å². The number of carbonyl (C=O) groups excluding carboxylic acids is 1. The summed E-state index contributed by atoms with van der Waals surface area (Å²) in [6, 6.07) is 0. The zero-order chi connectivity index (χ0) is 12.2. The van der Waals surface area contributed by atoms with Crippen molar-refractivity contribution >= 4 is 25.3 Å². The van der Waals surface area contributed by atoms with Gasteiger partial charge in [0.15, 0.2) is 5.01 Å². The molecule has 0 saturated heterocycles. The summed E-state index contributed by atoms with van der Waals surface area (Å²) < 4.78 is 0. The smallest absolute Gasteiger partial charge is 0.263 e. The van der Waals surface area contributed by atoms with Crippen molar-refractivity contribution in [1.29, 1.82) is 0 Å². The SMILES string of the molecule is CCNC(=O)c1cnc(C#C[Si](C)(C)C)s1. The molecule has 0 unspecified atom stereocenters. The Hall–Kier alpha value is -1.12. The largest absolute Gasteiger partial charge is 0.352 e. The van der Waals surface area contributed by atoms with Gasteiger partial charge in [0.2, 0.25) is 0 Å². The van der Waals surface area contributed by atoms with Gasteiger partial charge in [0.1, 0.15) is 13.0 Å². The van der Waals surface area contributed by atoms with Crippen molar-refractivity contribution in [3.05, 3.63) is 16.1 Å². The van der Waals surface area contributed by atoms with Crippen molar-refractivity contribution in [3.63, 3.8) is 0 Å². The third kappa shape index (κ3) is 4.17.